The van der Waals surface area contributed by atoms with Crippen molar-refractivity contribution in [3.63, 3.8) is 0 Å². The molecule has 1 aliphatic heterocycles. The van der Waals surface area contributed by atoms with Gasteiger partial charge in [-0.25, -0.2) is 0 Å². The number of hydrogen-bond donors (Lipinski definition) is 2. The van der Waals surface area contributed by atoms with E-state index in [-0.39, 0.29) is 30.7 Å². The van der Waals surface area contributed by atoms with E-state index in [1.54, 1.807) is 24.3 Å². The van der Waals surface area contributed by atoms with E-state index < -0.39 is 23.7 Å². The van der Waals surface area contributed by atoms with Gasteiger partial charge in [0.1, 0.15) is 5.76 Å². The van der Waals surface area contributed by atoms with E-state index in [9.17, 15) is 19.5 Å². The summed E-state index contributed by atoms with van der Waals surface area (Å²) in [6.07, 6.45) is 3.57. The lowest BCUT2D eigenvalue weighted by Crippen LogP contribution is -2.34. The summed E-state index contributed by atoms with van der Waals surface area (Å²) < 4.78 is 0. The van der Waals surface area contributed by atoms with Gasteiger partial charge in [0, 0.05) is 18.5 Å². The zero-order valence-corrected chi connectivity index (χ0v) is 16.6. The first-order valence-corrected chi connectivity index (χ1v) is 9.69. The molecule has 30 heavy (non-hydrogen) atoms. The zero-order chi connectivity index (χ0) is 21.7. The van der Waals surface area contributed by atoms with Crippen molar-refractivity contribution in [2.24, 2.45) is 0 Å². The summed E-state index contributed by atoms with van der Waals surface area (Å²) in [5, 5.41) is 19.8. The summed E-state index contributed by atoms with van der Waals surface area (Å²) in [4.78, 5) is 37.6. The van der Waals surface area contributed by atoms with Gasteiger partial charge in [-0.2, -0.15) is 0 Å². The third-order valence-electron chi connectivity index (χ3n) is 4.97. The number of likely N-dealkylation sites (tertiary alicyclic amines) is 1. The van der Waals surface area contributed by atoms with Crippen LogP contribution in [0, 0.1) is 6.92 Å². The predicted molar refractivity (Wildman–Crippen MR) is 114 cm³/mol. The Morgan fingerprint density at radius 1 is 1.03 bits per heavy atom. The van der Waals surface area contributed by atoms with Gasteiger partial charge >= 0.3 is 5.97 Å². The van der Waals surface area contributed by atoms with Crippen LogP contribution < -0.4 is 0 Å². The molecule has 1 fully saturated rings. The summed E-state index contributed by atoms with van der Waals surface area (Å²) in [7, 11) is 0. The third-order valence-corrected chi connectivity index (χ3v) is 4.97. The van der Waals surface area contributed by atoms with Crippen LogP contribution in [0.1, 0.15) is 29.5 Å². The maximum Gasteiger partial charge on any atom is 0.303 e. The number of benzene rings is 2. The van der Waals surface area contributed by atoms with Crippen molar-refractivity contribution in [2.75, 3.05) is 6.54 Å². The van der Waals surface area contributed by atoms with E-state index in [0.29, 0.717) is 5.56 Å². The Labute approximate surface area is 174 Å². The van der Waals surface area contributed by atoms with Gasteiger partial charge in [-0.05, 0) is 18.9 Å². The number of aryl methyl sites for hydroxylation is 1. The lowest BCUT2D eigenvalue weighted by atomic mass is 9.99. The summed E-state index contributed by atoms with van der Waals surface area (Å²) in [5.74, 6) is -2.72. The largest absolute Gasteiger partial charge is 0.507 e. The maximum atomic E-state index is 12.8. The minimum Gasteiger partial charge on any atom is -0.507 e. The van der Waals surface area contributed by atoms with Crippen LogP contribution >= 0.6 is 0 Å². The second kappa shape index (κ2) is 9.22. The van der Waals surface area contributed by atoms with Gasteiger partial charge in [0.2, 0.25) is 0 Å². The van der Waals surface area contributed by atoms with Gasteiger partial charge in [0.05, 0.1) is 11.6 Å². The molecule has 3 rings (SSSR count). The Balaban J connectivity index is 2.01. The number of aliphatic carboxylic acids is 1. The molecule has 1 aliphatic rings. The lowest BCUT2D eigenvalue weighted by Gasteiger charge is -2.22. The number of carboxylic acids is 1. The number of rotatable bonds is 7. The van der Waals surface area contributed by atoms with Gasteiger partial charge in [0.25, 0.3) is 11.7 Å². The molecule has 2 aromatic rings. The molecule has 1 heterocycles. The average molecular weight is 405 g/mol. The monoisotopic (exact) mass is 405 g/mol. The number of aliphatic hydroxyl groups is 1. The molecular weight excluding hydrogens is 382 g/mol. The molecule has 1 saturated heterocycles. The van der Waals surface area contributed by atoms with Crippen molar-refractivity contribution in [2.45, 2.75) is 25.8 Å². The Morgan fingerprint density at radius 2 is 1.70 bits per heavy atom. The molecule has 6 nitrogen and oxygen atoms in total. The van der Waals surface area contributed by atoms with Crippen LogP contribution in [0.15, 0.2) is 66.2 Å². The van der Waals surface area contributed by atoms with Crippen molar-refractivity contribution < 1.29 is 24.6 Å². The first-order valence-electron chi connectivity index (χ1n) is 9.69. The summed E-state index contributed by atoms with van der Waals surface area (Å²) in [6, 6.07) is 15.6. The molecule has 2 N–H and O–H groups in total. The molecule has 6 heteroatoms. The van der Waals surface area contributed by atoms with Crippen LogP contribution in [0.4, 0.5) is 0 Å². The molecule has 154 valence electrons. The molecule has 0 bridgehead atoms. The fraction of sp³-hybridized carbons (Fsp3) is 0.208. The van der Waals surface area contributed by atoms with Crippen molar-refractivity contribution in [3.05, 3.63) is 82.9 Å². The summed E-state index contributed by atoms with van der Waals surface area (Å²) in [5.41, 5.74) is 2.33. The van der Waals surface area contributed by atoms with E-state index in [1.807, 2.05) is 49.4 Å². The second-order valence-electron chi connectivity index (χ2n) is 7.17. The van der Waals surface area contributed by atoms with Gasteiger partial charge in [-0.3, -0.25) is 14.4 Å². The maximum absolute atomic E-state index is 12.8. The molecule has 0 aromatic heterocycles. The number of Topliss-reactive ketones (excluding diaryl/α,β-unsaturated/α-hetero) is 1. The molecule has 0 aliphatic carbocycles. The Bertz CT molecular complexity index is 1010. The zero-order valence-electron chi connectivity index (χ0n) is 16.6. The Morgan fingerprint density at radius 3 is 2.33 bits per heavy atom. The van der Waals surface area contributed by atoms with Crippen molar-refractivity contribution in [3.8, 4) is 0 Å². The number of hydrogen-bond acceptors (Lipinski definition) is 4. The fourth-order valence-electron chi connectivity index (χ4n) is 3.38. The van der Waals surface area contributed by atoms with Crippen molar-refractivity contribution in [1.82, 2.24) is 4.90 Å². The van der Waals surface area contributed by atoms with E-state index in [2.05, 4.69) is 0 Å². The number of carbonyl (C=O) groups excluding carboxylic acids is 2. The first kappa shape index (κ1) is 21.0. The normalized spacial score (nSPS) is 18.3. The van der Waals surface area contributed by atoms with Crippen LogP contribution in [0.5, 0.6) is 0 Å². The first-order chi connectivity index (χ1) is 14.4. The molecule has 0 saturated carbocycles. The van der Waals surface area contributed by atoms with E-state index in [1.165, 1.54) is 4.90 Å². The van der Waals surface area contributed by atoms with Gasteiger partial charge < -0.3 is 15.1 Å². The minimum absolute atomic E-state index is 0.00589. The highest BCUT2D eigenvalue weighted by molar-refractivity contribution is 6.47. The van der Waals surface area contributed by atoms with Gasteiger partial charge in [-0.1, -0.05) is 72.3 Å². The van der Waals surface area contributed by atoms with Crippen LogP contribution in [-0.2, 0) is 14.4 Å². The number of amides is 1. The average Bonchev–Trinajstić information content (AvgIpc) is 2.97. The minimum atomic E-state index is -0.970. The topological polar surface area (TPSA) is 94.9 Å². The third kappa shape index (κ3) is 4.66. The van der Waals surface area contributed by atoms with Gasteiger partial charge in [-0.15, -0.1) is 0 Å². The van der Waals surface area contributed by atoms with Crippen LogP contribution in [0.2, 0.25) is 0 Å². The highest BCUT2D eigenvalue weighted by Gasteiger charge is 2.43. The quantitative estimate of drug-likeness (QED) is 0.417. The molecular formula is C24H23NO5. The van der Waals surface area contributed by atoms with Gasteiger partial charge in [0.15, 0.2) is 0 Å². The van der Waals surface area contributed by atoms with Crippen LogP contribution in [0.25, 0.3) is 11.8 Å². The molecule has 0 radical (unpaired) electrons. The van der Waals surface area contributed by atoms with E-state index in [4.69, 9.17) is 5.11 Å². The standard InChI is InChI=1S/C24H23NO5/c1-16-9-12-18(13-10-16)22(28)21-19(14-11-17-6-3-2-4-7-17)25(24(30)23(21)29)15-5-8-20(26)27/h2-4,6-7,9-14,19,28H,5,8,15H2,1H3,(H,26,27)/b14-11+,22-21?/t19-/m0/s1. The van der Waals surface area contributed by atoms with Crippen LogP contribution in [0.3, 0.4) is 0 Å². The lowest BCUT2D eigenvalue weighted by molar-refractivity contribution is -0.140. The number of ketones is 1. The highest BCUT2D eigenvalue weighted by Crippen LogP contribution is 2.30. The summed E-state index contributed by atoms with van der Waals surface area (Å²) >= 11 is 0. The SMILES string of the molecule is Cc1ccc(C(O)=C2C(=O)C(=O)N(CCCC(=O)O)[C@H]2/C=C/c2ccccc2)cc1. The Kier molecular flexibility index (Phi) is 6.47. The Hall–Kier alpha value is -3.67. The van der Waals surface area contributed by atoms with Crippen molar-refractivity contribution in [1.29, 1.82) is 0 Å². The number of carbonyl (C=O) groups is 3. The molecule has 1 amide bonds. The summed E-state index contributed by atoms with van der Waals surface area (Å²) in [6.45, 7) is 2.01. The molecule has 0 spiro atoms. The predicted octanol–water partition coefficient (Wildman–Crippen LogP) is 3.62. The second-order valence-corrected chi connectivity index (χ2v) is 7.17. The number of nitrogens with zero attached hydrogens (tertiary/aromatic N) is 1. The van der Waals surface area contributed by atoms with E-state index >= 15 is 0 Å². The number of carboxylic acid groups (broad SMARTS) is 1. The van der Waals surface area contributed by atoms with E-state index in [0.717, 1.165) is 11.1 Å². The highest BCUT2D eigenvalue weighted by atomic mass is 16.4. The molecule has 0 unspecified atom stereocenters. The smallest absolute Gasteiger partial charge is 0.303 e. The van der Waals surface area contributed by atoms with Crippen molar-refractivity contribution >= 4 is 29.5 Å². The fourth-order valence-corrected chi connectivity index (χ4v) is 3.38. The number of aliphatic hydroxyl groups excluding tert-OH is 1. The van der Waals surface area contributed by atoms with Crippen LogP contribution in [-0.4, -0.2) is 45.4 Å². The molecule has 2 aromatic carbocycles. The molecule has 1 atom stereocenters.